The fraction of sp³-hybridized carbons (Fsp3) is 0.474. The number of hydrogen-bond donors (Lipinski definition) is 0. The van der Waals surface area contributed by atoms with Crippen LogP contribution in [0.15, 0.2) is 30.5 Å². The summed E-state index contributed by atoms with van der Waals surface area (Å²) in [6.45, 7) is 8.98. The summed E-state index contributed by atoms with van der Waals surface area (Å²) in [5.41, 5.74) is 3.32. The van der Waals surface area contributed by atoms with Gasteiger partial charge < -0.3 is 9.47 Å². The number of rotatable bonds is 3. The molecule has 0 aliphatic carbocycles. The first-order valence-corrected chi connectivity index (χ1v) is 8.46. The van der Waals surface area contributed by atoms with Crippen LogP contribution in [-0.4, -0.2) is 26.9 Å². The maximum absolute atomic E-state index is 11.9. The number of amides is 1. The molecule has 2 heterocycles. The van der Waals surface area contributed by atoms with Gasteiger partial charge in [0.15, 0.2) is 0 Å². The molecule has 0 spiro atoms. The van der Waals surface area contributed by atoms with Gasteiger partial charge in [0.25, 0.3) is 0 Å². The lowest BCUT2D eigenvalue weighted by Gasteiger charge is -2.23. The topological polar surface area (TPSA) is 38.1 Å². The summed E-state index contributed by atoms with van der Waals surface area (Å²) in [6, 6.07) is 8.40. The van der Waals surface area contributed by atoms with Crippen LogP contribution in [0.5, 0.6) is 0 Å². The summed E-state index contributed by atoms with van der Waals surface area (Å²) in [4.78, 5) is 18.6. The average Bonchev–Trinajstić information content (AvgIpc) is 3.15. The molecule has 1 amide bonds. The Hall–Kier alpha value is -2.10. The van der Waals surface area contributed by atoms with E-state index >= 15 is 0 Å². The first-order chi connectivity index (χ1) is 11.1. The Morgan fingerprint density at radius 1 is 1.17 bits per heavy atom. The molecule has 0 bridgehead atoms. The highest BCUT2D eigenvalue weighted by Gasteiger charge is 2.28. The largest absolute Gasteiger partial charge is 0.336 e. The highest BCUT2D eigenvalue weighted by Crippen LogP contribution is 2.27. The number of benzene rings is 1. The molecule has 1 saturated heterocycles. The highest BCUT2D eigenvalue weighted by atomic mass is 16.2. The molecule has 4 heteroatoms. The summed E-state index contributed by atoms with van der Waals surface area (Å²) in [5, 5.41) is 0. The van der Waals surface area contributed by atoms with Gasteiger partial charge in [-0.15, -0.1) is 0 Å². The second-order valence-corrected chi connectivity index (χ2v) is 5.83. The third-order valence-electron chi connectivity index (χ3n) is 4.21. The van der Waals surface area contributed by atoms with Crippen LogP contribution in [0.2, 0.25) is 0 Å². The molecule has 1 aliphatic rings. The van der Waals surface area contributed by atoms with Crippen molar-refractivity contribution >= 4 is 5.91 Å². The predicted molar refractivity (Wildman–Crippen MR) is 94.1 cm³/mol. The summed E-state index contributed by atoms with van der Waals surface area (Å²) in [6.07, 6.45) is 3.66. The lowest BCUT2D eigenvalue weighted by molar-refractivity contribution is -0.129. The van der Waals surface area contributed by atoms with Gasteiger partial charge in [-0.25, -0.2) is 4.98 Å². The van der Waals surface area contributed by atoms with Crippen LogP contribution in [0.1, 0.15) is 51.0 Å². The van der Waals surface area contributed by atoms with Crippen molar-refractivity contribution in [3.63, 3.8) is 0 Å². The van der Waals surface area contributed by atoms with E-state index in [0.29, 0.717) is 6.42 Å². The minimum absolute atomic E-state index is 0.0317. The smallest absolute Gasteiger partial charge is 0.223 e. The van der Waals surface area contributed by atoms with Crippen molar-refractivity contribution in [1.29, 1.82) is 0 Å². The number of aryl methyl sites for hydroxylation is 2. The molecular formula is C19H27N3O. The van der Waals surface area contributed by atoms with Crippen molar-refractivity contribution in [3.05, 3.63) is 41.9 Å². The van der Waals surface area contributed by atoms with E-state index in [1.165, 1.54) is 5.56 Å². The van der Waals surface area contributed by atoms with E-state index in [1.54, 1.807) is 0 Å². The van der Waals surface area contributed by atoms with Gasteiger partial charge in [0, 0.05) is 31.8 Å². The second-order valence-electron chi connectivity index (χ2n) is 5.83. The highest BCUT2D eigenvalue weighted by molar-refractivity contribution is 5.78. The minimum atomic E-state index is 0.0317. The Bertz CT molecular complexity index is 658. The van der Waals surface area contributed by atoms with Gasteiger partial charge in [-0.3, -0.25) is 4.79 Å². The quantitative estimate of drug-likeness (QED) is 0.855. The maximum atomic E-state index is 11.9. The van der Waals surface area contributed by atoms with E-state index in [1.807, 2.05) is 36.6 Å². The lowest BCUT2D eigenvalue weighted by Crippen LogP contribution is -2.29. The molecule has 1 aromatic carbocycles. The molecule has 0 saturated carbocycles. The normalized spacial score (nSPS) is 15.3. The molecule has 4 nitrogen and oxygen atoms in total. The first kappa shape index (κ1) is 17.3. The van der Waals surface area contributed by atoms with Gasteiger partial charge in [0.1, 0.15) is 5.82 Å². The number of aromatic nitrogens is 2. The lowest BCUT2D eigenvalue weighted by atomic mass is 10.1. The van der Waals surface area contributed by atoms with Crippen LogP contribution < -0.4 is 0 Å². The number of likely N-dealkylation sites (tertiary alicyclic amines) is 1. The predicted octanol–water partition coefficient (Wildman–Crippen LogP) is 4.11. The zero-order valence-electron chi connectivity index (χ0n) is 14.8. The molecule has 2 aromatic rings. The summed E-state index contributed by atoms with van der Waals surface area (Å²) < 4.78 is 2.03. The summed E-state index contributed by atoms with van der Waals surface area (Å²) >= 11 is 0. The van der Waals surface area contributed by atoms with E-state index in [-0.39, 0.29) is 11.9 Å². The zero-order chi connectivity index (χ0) is 17.0. The number of carbonyl (C=O) groups is 1. The van der Waals surface area contributed by atoms with E-state index in [4.69, 9.17) is 4.98 Å². The molecule has 124 valence electrons. The monoisotopic (exact) mass is 313 g/mol. The van der Waals surface area contributed by atoms with E-state index in [9.17, 15) is 4.79 Å². The third-order valence-corrected chi connectivity index (χ3v) is 4.21. The van der Waals surface area contributed by atoms with Gasteiger partial charge in [-0.05, 0) is 20.3 Å². The van der Waals surface area contributed by atoms with E-state index in [0.717, 1.165) is 30.0 Å². The molecule has 0 unspecified atom stereocenters. The Balaban J connectivity index is 0.000000924. The Labute approximate surface area is 139 Å². The molecule has 3 rings (SSSR count). The van der Waals surface area contributed by atoms with Gasteiger partial charge >= 0.3 is 0 Å². The van der Waals surface area contributed by atoms with E-state index < -0.39 is 0 Å². The molecular weight excluding hydrogens is 286 g/mol. The fourth-order valence-corrected chi connectivity index (χ4v) is 2.95. The SMILES string of the molecule is CC.Cc1ccc(-c2cn(C)c([C@@H](C)N3CCCC3=O)n2)cc1. The van der Waals surface area contributed by atoms with Crippen molar-refractivity contribution in [3.8, 4) is 11.3 Å². The van der Waals surface area contributed by atoms with Crippen molar-refractivity contribution in [2.45, 2.75) is 46.6 Å². The van der Waals surface area contributed by atoms with E-state index in [2.05, 4.69) is 38.1 Å². The fourth-order valence-electron chi connectivity index (χ4n) is 2.95. The zero-order valence-corrected chi connectivity index (χ0v) is 14.8. The molecule has 23 heavy (non-hydrogen) atoms. The minimum Gasteiger partial charge on any atom is -0.336 e. The van der Waals surface area contributed by atoms with Crippen molar-refractivity contribution in [2.75, 3.05) is 6.54 Å². The number of nitrogens with zero attached hydrogens (tertiary/aromatic N) is 3. The van der Waals surface area contributed by atoms with Gasteiger partial charge in [0.2, 0.25) is 5.91 Å². The summed E-state index contributed by atoms with van der Waals surface area (Å²) in [5.74, 6) is 1.18. The third kappa shape index (κ3) is 3.63. The van der Waals surface area contributed by atoms with Gasteiger partial charge in [-0.2, -0.15) is 0 Å². The molecule has 0 radical (unpaired) electrons. The number of carbonyl (C=O) groups excluding carboxylic acids is 1. The van der Waals surface area contributed by atoms with Gasteiger partial charge in [-0.1, -0.05) is 43.7 Å². The van der Waals surface area contributed by atoms with Crippen LogP contribution in [0, 0.1) is 6.92 Å². The van der Waals surface area contributed by atoms with Crippen LogP contribution >= 0.6 is 0 Å². The molecule has 1 aromatic heterocycles. The first-order valence-electron chi connectivity index (χ1n) is 8.46. The Kier molecular flexibility index (Phi) is 5.59. The van der Waals surface area contributed by atoms with Crippen LogP contribution in [-0.2, 0) is 11.8 Å². The van der Waals surface area contributed by atoms with Crippen molar-refractivity contribution in [1.82, 2.24) is 14.5 Å². The maximum Gasteiger partial charge on any atom is 0.223 e. The summed E-state index contributed by atoms with van der Waals surface area (Å²) in [7, 11) is 2.00. The van der Waals surface area contributed by atoms with Crippen LogP contribution in [0.4, 0.5) is 0 Å². The molecule has 1 atom stereocenters. The van der Waals surface area contributed by atoms with Gasteiger partial charge in [0.05, 0.1) is 11.7 Å². The number of hydrogen-bond acceptors (Lipinski definition) is 2. The Morgan fingerprint density at radius 3 is 2.39 bits per heavy atom. The second kappa shape index (κ2) is 7.44. The standard InChI is InChI=1S/C17H21N3O.C2H6/c1-12-6-8-14(9-7-12)15-11-19(3)17(18-15)13(2)20-10-4-5-16(20)21;1-2/h6-9,11,13H,4-5,10H2,1-3H3;1-2H3/t13-;/m1./s1. The number of imidazole rings is 1. The van der Waals surface area contributed by atoms with Crippen molar-refractivity contribution in [2.24, 2.45) is 7.05 Å². The Morgan fingerprint density at radius 2 is 1.83 bits per heavy atom. The van der Waals surface area contributed by atoms with Crippen LogP contribution in [0.3, 0.4) is 0 Å². The molecule has 1 aliphatic heterocycles. The van der Waals surface area contributed by atoms with Crippen LogP contribution in [0.25, 0.3) is 11.3 Å². The average molecular weight is 313 g/mol. The van der Waals surface area contributed by atoms with Crippen molar-refractivity contribution < 1.29 is 4.79 Å². The molecule has 0 N–H and O–H groups in total. The molecule has 1 fully saturated rings.